The predicted octanol–water partition coefficient (Wildman–Crippen LogP) is 32.1. The maximum atomic E-state index is 13.1. The van der Waals surface area contributed by atoms with E-state index in [0.29, 0.717) is 72.4 Å². The van der Waals surface area contributed by atoms with Crippen molar-refractivity contribution >= 4 is 132 Å². The molecule has 0 aliphatic rings. The first kappa shape index (κ1) is 128. The van der Waals surface area contributed by atoms with Crippen LogP contribution in [0.3, 0.4) is 0 Å². The van der Waals surface area contributed by atoms with Gasteiger partial charge in [0.25, 0.3) is 45.0 Å². The molecule has 0 saturated carbocycles. The van der Waals surface area contributed by atoms with Gasteiger partial charge in [0.15, 0.2) is 5.78 Å². The number of carbonyl (C=O) groups is 1. The number of hydrogen-bond donors (Lipinski definition) is 2. The number of benzene rings is 7. The van der Waals surface area contributed by atoms with Crippen LogP contribution in [-0.2, 0) is 75.1 Å². The first-order chi connectivity index (χ1) is 62.1. The molecule has 35 heteroatoms. The number of carbonyl (C=O) groups excluding carboxylic acids is 1. The molecule has 0 aromatic heterocycles. The van der Waals surface area contributed by atoms with Gasteiger partial charge in [0.1, 0.15) is 16.7 Å². The third-order valence-corrected chi connectivity index (χ3v) is 43.2. The predicted molar refractivity (Wildman–Crippen MR) is 529 cm³/mol. The molecule has 732 valence electrons. The maximum absolute atomic E-state index is 13.1. The molecular weight excluding hydrogens is 2170 g/mol. The summed E-state index contributed by atoms with van der Waals surface area (Å²) < 4.78 is 231. The fraction of sp³-hybridized carbons (Fsp3) is 0.459. The minimum absolute atomic E-state index is 0.00109. The molecule has 13 nitrogen and oxygen atoms in total. The van der Waals surface area contributed by atoms with Gasteiger partial charge in [-0.15, -0.1) is 0 Å². The standard InChI is InChI=1S/C15H20F2N2OS.C15H18F2N2OS.C13H13F2NO.C11H9F2NO.C9H6BrF2N.C8H6Br2F2.C8H7BrF2.C4H11NOS.3C4H9.C3H5.Sn/c2*1-10(19-21(20)15(2,3)4)11-6-5-7-13(14(16)17)12(11)8-9-18;1-3-17-9(2)10-5-4-6-12(13(14)15)11(10)7-8-16;1-7(15)8-3-2-4-10(11(12)13)9(8)5-6-14;10-8-3-1-2-7(9(11)12)6(8)4-5-13;9-4-6-5(8(11)12)2-1-3-7(6)10;1-5-6(8(10)11)3-2-4-7(5)9;1-4(2,3)7(5)6;3*1-3-4-2;1-3-2;/h5-7,10,14,19H,8H2,1-4H3;5-7,14H,8H2,1-4H3;4-6,13H,2-3,7H2,1H3;2-4,11H,5H2,1H3;1-3,9H,4H2;1-3,8H,4H2;2-4,8H,1H3;5H2,1-3H3;3*1,3-4H2,2H3;1H2,2H3;/t10-,21-;21-;;;;;;;;;;;/m11.........../s1. The molecule has 0 amide bonds. The topological polar surface area (TPSA) is 247 Å². The van der Waals surface area contributed by atoms with Gasteiger partial charge < -0.3 is 4.74 Å². The van der Waals surface area contributed by atoms with E-state index >= 15 is 0 Å². The second-order valence-electron chi connectivity index (χ2n) is 32.5. The summed E-state index contributed by atoms with van der Waals surface area (Å²) >= 11 is 10.7. The molecule has 4 atom stereocenters. The van der Waals surface area contributed by atoms with E-state index in [0.717, 1.165) is 8.95 Å². The van der Waals surface area contributed by atoms with Crippen LogP contribution < -0.4 is 9.86 Å². The van der Waals surface area contributed by atoms with E-state index in [1.165, 1.54) is 124 Å². The Balaban J connectivity index is 0. The molecule has 0 bridgehead atoms. The number of hydrogen-bond acceptors (Lipinski definition) is 10. The van der Waals surface area contributed by atoms with Crippen LogP contribution in [0.4, 0.5) is 61.5 Å². The number of alkyl halides is 15. The van der Waals surface area contributed by atoms with Crippen molar-refractivity contribution in [1.82, 2.24) is 4.72 Å². The molecule has 0 aliphatic carbocycles. The summed E-state index contributed by atoms with van der Waals surface area (Å²) in [6, 6.07) is 40.6. The summed E-state index contributed by atoms with van der Waals surface area (Å²) in [6.45, 7) is 42.3. The fourth-order valence-corrected chi connectivity index (χ4v) is 30.5. The SMILES string of the molecule is C=C(OCC)c1cccc(C(F)F)c1CC#N.C=[C](C)[Sn]([CH2]CCC)([CH2]CCC)[CH2]CCC.CC(=N[S@](=O)C(C)(C)C)c1cccc(C(F)F)c1CC#N.CC(=O)c1cccc(C(F)F)c1CC#N.CC(C)(C)S(N)=O.C[C@@H](N[S@](=O)C(C)(C)C)c1cccc(C(F)F)c1CC#N.Cc1c(Br)cccc1C(F)F.FC(F)c1cccc(Br)c1CBr.N#CCc1c(Br)cccc1C(F)F. The second kappa shape index (κ2) is 66.3. The zero-order chi connectivity index (χ0) is 103. The van der Waals surface area contributed by atoms with Gasteiger partial charge in [0, 0.05) is 80.4 Å². The summed E-state index contributed by atoms with van der Waals surface area (Å²) in [5, 5.41) is 48.9. The van der Waals surface area contributed by atoms with Crippen LogP contribution in [0.5, 0.6) is 0 Å². The number of unbranched alkanes of at least 4 members (excludes halogenated alkanes) is 3. The van der Waals surface area contributed by atoms with Crippen molar-refractivity contribution in [3.05, 3.63) is 258 Å². The minimum atomic E-state index is -2.66. The van der Waals surface area contributed by atoms with Crippen LogP contribution in [0, 0.1) is 63.6 Å². The van der Waals surface area contributed by atoms with Crippen molar-refractivity contribution in [2.24, 2.45) is 9.54 Å². The van der Waals surface area contributed by atoms with Crippen molar-refractivity contribution in [2.75, 3.05) is 6.61 Å². The smallest absolute Gasteiger partial charge is 0.264 e. The molecule has 3 N–H and O–H groups in total. The van der Waals surface area contributed by atoms with E-state index < -0.39 is 106 Å². The number of nitriles is 5. The first-order valence-corrected chi connectivity index (χ1v) is 56.5. The average Bonchev–Trinajstić information content (AvgIpc) is 0.820. The van der Waals surface area contributed by atoms with Crippen LogP contribution in [0.25, 0.3) is 5.76 Å². The molecular formula is C98H122Br4F14N8O5S3Sn. The molecule has 0 spiro atoms. The molecule has 7 aromatic rings. The number of Topliss-reactive ketones (excluding diaryl/α,β-unsaturated/α-hetero) is 1. The van der Waals surface area contributed by atoms with E-state index in [9.17, 15) is 78.9 Å². The van der Waals surface area contributed by atoms with Crippen LogP contribution >= 0.6 is 63.7 Å². The molecule has 133 heavy (non-hydrogen) atoms. The Kier molecular flexibility index (Phi) is 63.7. The van der Waals surface area contributed by atoms with Crippen LogP contribution in [0.15, 0.2) is 162 Å². The molecule has 0 radical (unpaired) electrons. The monoisotopic (exact) mass is 2290 g/mol. The minimum Gasteiger partial charge on any atom is -0.295 e. The van der Waals surface area contributed by atoms with Gasteiger partial charge in [-0.1, -0.05) is 179 Å². The number of ether oxygens (including phenoxy) is 1. The molecule has 0 heterocycles. The summed E-state index contributed by atoms with van der Waals surface area (Å²) in [4.78, 5) is 11.2. The van der Waals surface area contributed by atoms with Gasteiger partial charge in [0.2, 0.25) is 0 Å². The Hall–Kier alpha value is -7.28. The second-order valence-corrected chi connectivity index (χ2v) is 55.3. The number of nitrogens with two attached hydrogens (primary N) is 1. The van der Waals surface area contributed by atoms with Crippen LogP contribution in [0.1, 0.15) is 312 Å². The first-order valence-electron chi connectivity index (χ1n) is 42.0. The third-order valence-electron chi connectivity index (χ3n) is 19.5. The van der Waals surface area contributed by atoms with Crippen molar-refractivity contribution in [3.8, 4) is 30.3 Å². The van der Waals surface area contributed by atoms with Crippen LogP contribution in [0.2, 0.25) is 13.3 Å². The van der Waals surface area contributed by atoms with Gasteiger partial charge >= 0.3 is 108 Å². The van der Waals surface area contributed by atoms with Gasteiger partial charge in [-0.2, -0.15) is 30.7 Å². The van der Waals surface area contributed by atoms with E-state index in [1.54, 1.807) is 120 Å². The van der Waals surface area contributed by atoms with Crippen molar-refractivity contribution in [2.45, 2.75) is 279 Å². The van der Waals surface area contributed by atoms with E-state index in [2.05, 4.69) is 114 Å². The number of ketones is 1. The Morgan fingerprint density at radius 3 is 1.06 bits per heavy atom. The van der Waals surface area contributed by atoms with E-state index in [-0.39, 0.29) is 104 Å². The molecule has 7 rings (SSSR count). The molecule has 7 aromatic carbocycles. The largest absolute Gasteiger partial charge is 0.295 e. The zero-order valence-corrected chi connectivity index (χ0v) is 89.9. The Bertz CT molecular complexity index is 5110. The Morgan fingerprint density at radius 1 is 0.451 bits per heavy atom. The summed E-state index contributed by atoms with van der Waals surface area (Å²) in [5.74, 6) is 0.0167. The summed E-state index contributed by atoms with van der Waals surface area (Å²) in [5.41, 5.74) is 4.17. The molecule has 0 saturated heterocycles. The number of nitrogens with one attached hydrogen (secondary N) is 1. The van der Waals surface area contributed by atoms with Gasteiger partial charge in [-0.25, -0.2) is 78.8 Å². The van der Waals surface area contributed by atoms with Crippen molar-refractivity contribution < 1.29 is 83.6 Å². The number of rotatable bonds is 32. The maximum Gasteiger partial charge on any atom is 0.264 e. The number of nitrogens with zero attached hydrogens (tertiary/aromatic N) is 6. The normalized spacial score (nSPS) is 12.1. The van der Waals surface area contributed by atoms with Crippen molar-refractivity contribution in [1.29, 1.82) is 26.3 Å². The average molecular weight is 2290 g/mol. The van der Waals surface area contributed by atoms with Gasteiger partial charge in [-0.3, -0.25) is 9.93 Å². The van der Waals surface area contributed by atoms with Crippen molar-refractivity contribution in [3.63, 3.8) is 0 Å². The van der Waals surface area contributed by atoms with Gasteiger partial charge in [0.05, 0.1) is 111 Å². The molecule has 0 fully saturated rings. The molecule has 1 unspecified atom stereocenters. The summed E-state index contributed by atoms with van der Waals surface area (Å²) in [6.07, 6.45) is -9.89. The Morgan fingerprint density at radius 2 is 0.744 bits per heavy atom. The molecule has 0 aliphatic heterocycles. The number of allylic oxidation sites excluding steroid dienone is 1. The third kappa shape index (κ3) is 46.2. The van der Waals surface area contributed by atoms with E-state index in [1.807, 2.05) is 65.8 Å². The quantitative estimate of drug-likeness (QED) is 0.0101. The summed E-state index contributed by atoms with van der Waals surface area (Å²) in [7, 11) is -3.98. The number of halogens is 18. The van der Waals surface area contributed by atoms with Gasteiger partial charge in [-0.05, 0) is 160 Å². The Labute approximate surface area is 823 Å². The zero-order valence-electron chi connectivity index (χ0n) is 78.3. The fourth-order valence-electron chi connectivity index (χ4n) is 12.1. The van der Waals surface area contributed by atoms with E-state index in [4.69, 9.17) is 36.2 Å². The van der Waals surface area contributed by atoms with Crippen LogP contribution in [-0.4, -0.2) is 63.3 Å².